The van der Waals surface area contributed by atoms with Gasteiger partial charge in [0, 0.05) is 51.8 Å². The van der Waals surface area contributed by atoms with Crippen molar-refractivity contribution in [2.45, 2.75) is 33.1 Å². The number of benzene rings is 1. The third-order valence-corrected chi connectivity index (χ3v) is 4.62. The maximum Gasteiger partial charge on any atom is 0.224 e. The van der Waals surface area contributed by atoms with Gasteiger partial charge in [0.25, 0.3) is 0 Å². The van der Waals surface area contributed by atoms with Crippen LogP contribution in [-0.2, 0) is 14.4 Å². The molecule has 6 nitrogen and oxygen atoms in total. The molecular weight excluding hydrogens is 318 g/mol. The fraction of sp³-hybridized carbons (Fsp3) is 0.526. The summed E-state index contributed by atoms with van der Waals surface area (Å²) in [6.45, 7) is 8.39. The summed E-state index contributed by atoms with van der Waals surface area (Å²) >= 11 is 0. The summed E-state index contributed by atoms with van der Waals surface area (Å²) in [6.07, 6.45) is 1.10. The van der Waals surface area contributed by atoms with Gasteiger partial charge in [-0.25, -0.2) is 0 Å². The maximum absolute atomic E-state index is 12.4. The summed E-state index contributed by atoms with van der Waals surface area (Å²) in [7, 11) is 0. The zero-order valence-corrected chi connectivity index (χ0v) is 15.3. The summed E-state index contributed by atoms with van der Waals surface area (Å²) in [5.74, 6) is 0.387. The van der Waals surface area contributed by atoms with Crippen LogP contribution in [-0.4, -0.2) is 60.7 Å². The normalized spacial score (nSPS) is 14.6. The summed E-state index contributed by atoms with van der Waals surface area (Å²) in [6, 6.07) is 7.92. The number of carbonyl (C=O) groups is 3. The van der Waals surface area contributed by atoms with Gasteiger partial charge in [0.1, 0.15) is 0 Å². The van der Waals surface area contributed by atoms with Gasteiger partial charge in [0.2, 0.25) is 18.2 Å². The SMILES string of the molecule is CC(=O)N(CCC(=O)N1CCN(C=O)CC1)c1ccc(C(C)C)cc1. The molecule has 1 saturated heterocycles. The molecule has 1 aliphatic rings. The minimum Gasteiger partial charge on any atom is -0.342 e. The van der Waals surface area contributed by atoms with Gasteiger partial charge in [-0.15, -0.1) is 0 Å². The Bertz CT molecular complexity index is 605. The number of rotatable bonds is 6. The number of nitrogens with zero attached hydrogens (tertiary/aromatic N) is 3. The van der Waals surface area contributed by atoms with Crippen LogP contribution in [0.15, 0.2) is 24.3 Å². The molecular formula is C19H27N3O3. The predicted octanol–water partition coefficient (Wildman–Crippen LogP) is 1.85. The van der Waals surface area contributed by atoms with E-state index in [2.05, 4.69) is 13.8 Å². The molecule has 1 aliphatic heterocycles. The maximum atomic E-state index is 12.4. The molecule has 0 spiro atoms. The Kier molecular flexibility index (Phi) is 6.56. The molecule has 0 N–H and O–H groups in total. The molecule has 0 radical (unpaired) electrons. The molecule has 0 saturated carbocycles. The van der Waals surface area contributed by atoms with E-state index in [1.807, 2.05) is 24.3 Å². The standard InChI is InChI=1S/C19H27N3O3/c1-15(2)17-4-6-18(7-5-17)22(16(3)24)9-8-19(25)21-12-10-20(14-23)11-13-21/h4-7,14-15H,8-13H2,1-3H3. The molecule has 25 heavy (non-hydrogen) atoms. The molecule has 1 heterocycles. The van der Waals surface area contributed by atoms with Gasteiger partial charge in [-0.2, -0.15) is 0 Å². The lowest BCUT2D eigenvalue weighted by Gasteiger charge is -2.33. The first-order valence-corrected chi connectivity index (χ1v) is 8.77. The molecule has 1 fully saturated rings. The average Bonchev–Trinajstić information content (AvgIpc) is 2.62. The lowest BCUT2D eigenvalue weighted by molar-refractivity contribution is -0.135. The smallest absolute Gasteiger partial charge is 0.224 e. The van der Waals surface area contributed by atoms with E-state index >= 15 is 0 Å². The molecule has 0 aromatic heterocycles. The molecule has 0 aliphatic carbocycles. The van der Waals surface area contributed by atoms with Gasteiger partial charge in [-0.1, -0.05) is 26.0 Å². The highest BCUT2D eigenvalue weighted by Crippen LogP contribution is 2.20. The molecule has 3 amide bonds. The van der Waals surface area contributed by atoms with E-state index in [4.69, 9.17) is 0 Å². The Morgan fingerprint density at radius 2 is 1.72 bits per heavy atom. The van der Waals surface area contributed by atoms with E-state index in [9.17, 15) is 14.4 Å². The van der Waals surface area contributed by atoms with E-state index in [-0.39, 0.29) is 18.2 Å². The first kappa shape index (κ1) is 19.0. The van der Waals surface area contributed by atoms with Crippen molar-refractivity contribution in [3.63, 3.8) is 0 Å². The Balaban J connectivity index is 1.94. The molecule has 0 unspecified atom stereocenters. The van der Waals surface area contributed by atoms with E-state index in [0.717, 1.165) is 12.1 Å². The van der Waals surface area contributed by atoms with Crippen LogP contribution in [0, 0.1) is 0 Å². The van der Waals surface area contributed by atoms with Crippen LogP contribution in [0.4, 0.5) is 5.69 Å². The Labute approximate surface area is 149 Å². The molecule has 136 valence electrons. The fourth-order valence-electron chi connectivity index (χ4n) is 2.95. The third kappa shape index (κ3) is 5.05. The molecule has 6 heteroatoms. The van der Waals surface area contributed by atoms with E-state index in [1.165, 1.54) is 12.5 Å². The van der Waals surface area contributed by atoms with Gasteiger partial charge < -0.3 is 14.7 Å². The highest BCUT2D eigenvalue weighted by Gasteiger charge is 2.21. The summed E-state index contributed by atoms with van der Waals surface area (Å²) in [5, 5.41) is 0. The largest absolute Gasteiger partial charge is 0.342 e. The lowest BCUT2D eigenvalue weighted by Crippen LogP contribution is -2.48. The molecule has 1 aromatic carbocycles. The summed E-state index contributed by atoms with van der Waals surface area (Å²) in [4.78, 5) is 40.2. The Morgan fingerprint density at radius 3 is 2.20 bits per heavy atom. The molecule has 2 rings (SSSR count). The topological polar surface area (TPSA) is 60.9 Å². The average molecular weight is 345 g/mol. The van der Waals surface area contributed by atoms with E-state index < -0.39 is 0 Å². The van der Waals surface area contributed by atoms with Gasteiger partial charge >= 0.3 is 0 Å². The van der Waals surface area contributed by atoms with Crippen molar-refractivity contribution in [2.24, 2.45) is 0 Å². The first-order valence-electron chi connectivity index (χ1n) is 8.77. The Morgan fingerprint density at radius 1 is 1.12 bits per heavy atom. The van der Waals surface area contributed by atoms with Crippen LogP contribution in [0.5, 0.6) is 0 Å². The van der Waals surface area contributed by atoms with Crippen LogP contribution in [0.25, 0.3) is 0 Å². The van der Waals surface area contributed by atoms with Gasteiger partial charge in [0.05, 0.1) is 0 Å². The monoisotopic (exact) mass is 345 g/mol. The van der Waals surface area contributed by atoms with Crippen molar-refractivity contribution in [2.75, 3.05) is 37.6 Å². The fourth-order valence-corrected chi connectivity index (χ4v) is 2.95. The van der Waals surface area contributed by atoms with Gasteiger partial charge in [-0.05, 0) is 23.6 Å². The second kappa shape index (κ2) is 8.65. The van der Waals surface area contributed by atoms with Crippen molar-refractivity contribution in [1.29, 1.82) is 0 Å². The zero-order valence-electron chi connectivity index (χ0n) is 15.3. The highest BCUT2D eigenvalue weighted by atomic mass is 16.2. The lowest BCUT2D eigenvalue weighted by atomic mass is 10.0. The van der Waals surface area contributed by atoms with Crippen LogP contribution in [0.2, 0.25) is 0 Å². The number of carbonyl (C=O) groups excluding carboxylic acids is 3. The predicted molar refractivity (Wildman–Crippen MR) is 97.4 cm³/mol. The van der Waals surface area contributed by atoms with Crippen molar-refractivity contribution in [1.82, 2.24) is 9.80 Å². The van der Waals surface area contributed by atoms with Gasteiger partial charge in [-0.3, -0.25) is 14.4 Å². The zero-order chi connectivity index (χ0) is 18.4. The number of amides is 3. The molecule has 0 bridgehead atoms. The number of hydrogen-bond acceptors (Lipinski definition) is 3. The molecule has 1 aromatic rings. The molecule has 0 atom stereocenters. The third-order valence-electron chi connectivity index (χ3n) is 4.62. The second-order valence-electron chi connectivity index (χ2n) is 6.69. The second-order valence-corrected chi connectivity index (χ2v) is 6.69. The number of piperazine rings is 1. The van der Waals surface area contributed by atoms with Crippen LogP contribution < -0.4 is 4.90 Å². The van der Waals surface area contributed by atoms with Crippen molar-refractivity contribution in [3.05, 3.63) is 29.8 Å². The van der Waals surface area contributed by atoms with E-state index in [1.54, 1.807) is 14.7 Å². The van der Waals surface area contributed by atoms with Crippen molar-refractivity contribution >= 4 is 23.9 Å². The van der Waals surface area contributed by atoms with Crippen molar-refractivity contribution < 1.29 is 14.4 Å². The van der Waals surface area contributed by atoms with Crippen LogP contribution in [0.3, 0.4) is 0 Å². The Hall–Kier alpha value is -2.37. The first-order chi connectivity index (χ1) is 11.9. The number of anilines is 1. The quantitative estimate of drug-likeness (QED) is 0.739. The summed E-state index contributed by atoms with van der Waals surface area (Å²) < 4.78 is 0. The van der Waals surface area contributed by atoms with Crippen molar-refractivity contribution in [3.8, 4) is 0 Å². The number of hydrogen-bond donors (Lipinski definition) is 0. The highest BCUT2D eigenvalue weighted by molar-refractivity contribution is 5.92. The minimum absolute atomic E-state index is 0.0237. The van der Waals surface area contributed by atoms with Crippen LogP contribution in [0.1, 0.15) is 38.7 Å². The van der Waals surface area contributed by atoms with Crippen LogP contribution >= 0.6 is 0 Å². The van der Waals surface area contributed by atoms with E-state index in [0.29, 0.717) is 38.6 Å². The summed E-state index contributed by atoms with van der Waals surface area (Å²) in [5.41, 5.74) is 2.03. The van der Waals surface area contributed by atoms with Gasteiger partial charge in [0.15, 0.2) is 0 Å². The minimum atomic E-state index is -0.0733.